The largest absolute Gasteiger partial charge is 0.463 e. The van der Waals surface area contributed by atoms with Gasteiger partial charge in [-0.1, -0.05) is 24.3 Å². The Hall–Kier alpha value is -3.08. The van der Waals surface area contributed by atoms with Gasteiger partial charge in [0, 0.05) is 18.2 Å². The zero-order valence-corrected chi connectivity index (χ0v) is 13.8. The summed E-state index contributed by atoms with van der Waals surface area (Å²) < 4.78 is 12.0. The molecule has 0 radical (unpaired) electrons. The Kier molecular flexibility index (Phi) is 3.13. The molecule has 2 aromatic heterocycles. The van der Waals surface area contributed by atoms with Crippen LogP contribution < -0.4 is 4.74 Å². The Morgan fingerprint density at radius 1 is 1.04 bits per heavy atom. The minimum atomic E-state index is -0.338. The molecular weight excluding hydrogens is 314 g/mol. The molecule has 0 unspecified atom stereocenters. The third-order valence-corrected chi connectivity index (χ3v) is 4.66. The van der Waals surface area contributed by atoms with Gasteiger partial charge in [0.2, 0.25) is 6.23 Å². The Morgan fingerprint density at radius 2 is 1.92 bits per heavy atom. The van der Waals surface area contributed by atoms with Crippen LogP contribution in [0.25, 0.3) is 0 Å². The lowest BCUT2D eigenvalue weighted by Gasteiger charge is -2.37. The van der Waals surface area contributed by atoms with Gasteiger partial charge >= 0.3 is 0 Å². The van der Waals surface area contributed by atoms with Crippen LogP contribution in [-0.4, -0.2) is 15.7 Å². The fourth-order valence-electron chi connectivity index (χ4n) is 3.49. The quantitative estimate of drug-likeness (QED) is 0.705. The molecule has 4 heterocycles. The maximum absolute atomic E-state index is 6.25. The smallest absolute Gasteiger partial charge is 0.230 e. The molecule has 0 fully saturated rings. The van der Waals surface area contributed by atoms with Crippen molar-refractivity contribution < 1.29 is 9.15 Å². The maximum Gasteiger partial charge on any atom is 0.230 e. The summed E-state index contributed by atoms with van der Waals surface area (Å²) in [5.41, 5.74) is 2.94. The normalized spacial score (nSPS) is 21.3. The summed E-state index contributed by atoms with van der Waals surface area (Å²) in [5.74, 6) is 2.61. The topological polar surface area (TPSA) is 50.9 Å². The molecule has 0 amide bonds. The average Bonchev–Trinajstić information content (AvgIpc) is 3.28. The number of rotatable bonds is 2. The first-order valence-electron chi connectivity index (χ1n) is 8.39. The van der Waals surface area contributed by atoms with E-state index in [9.17, 15) is 0 Å². The van der Waals surface area contributed by atoms with Crippen molar-refractivity contribution in [2.45, 2.75) is 25.6 Å². The number of hydrogen-bond acceptors (Lipinski definition) is 5. The summed E-state index contributed by atoms with van der Waals surface area (Å²) in [7, 11) is 0. The Balaban J connectivity index is 1.60. The lowest BCUT2D eigenvalue weighted by molar-refractivity contribution is -0.0218. The summed E-state index contributed by atoms with van der Waals surface area (Å²) in [6, 6.07) is 18.1. The van der Waals surface area contributed by atoms with Gasteiger partial charge in [-0.05, 0) is 37.3 Å². The molecule has 5 rings (SSSR count). The summed E-state index contributed by atoms with van der Waals surface area (Å²) in [4.78, 5) is 4.48. The van der Waals surface area contributed by atoms with Gasteiger partial charge in [-0.2, -0.15) is 5.10 Å². The number of fused-ring (bicyclic) bond motifs is 3. The number of aromatic nitrogens is 1. The number of benzene rings is 1. The van der Waals surface area contributed by atoms with Crippen LogP contribution in [0.2, 0.25) is 0 Å². The number of pyridine rings is 1. The van der Waals surface area contributed by atoms with Crippen molar-refractivity contribution in [3.05, 3.63) is 83.6 Å². The second kappa shape index (κ2) is 5.48. The highest BCUT2D eigenvalue weighted by atomic mass is 16.5. The first-order chi connectivity index (χ1) is 12.3. The molecular formula is C20H17N3O2. The Morgan fingerprint density at radius 3 is 2.72 bits per heavy atom. The molecule has 2 aliphatic rings. The van der Waals surface area contributed by atoms with E-state index in [-0.39, 0.29) is 12.3 Å². The standard InChI is InChI=1S/C20H17N3O2/c1-13-9-10-19(24-13)16-12-17-14-6-2-3-8-18(14)25-20(23(17)22-16)15-7-4-5-11-21-15/h2-11,17,20H,12H2,1H3/t17-,20+/m0/s1. The number of nitrogens with zero attached hydrogens (tertiary/aromatic N) is 3. The molecule has 3 aromatic rings. The fraction of sp³-hybridized carbons (Fsp3) is 0.200. The van der Waals surface area contributed by atoms with Crippen molar-refractivity contribution in [3.8, 4) is 5.75 Å². The highest BCUT2D eigenvalue weighted by molar-refractivity contribution is 5.99. The molecule has 5 nitrogen and oxygen atoms in total. The second-order valence-corrected chi connectivity index (χ2v) is 6.32. The lowest BCUT2D eigenvalue weighted by atomic mass is 9.98. The van der Waals surface area contributed by atoms with E-state index in [4.69, 9.17) is 14.3 Å². The predicted molar refractivity (Wildman–Crippen MR) is 93.2 cm³/mol. The van der Waals surface area contributed by atoms with E-state index >= 15 is 0 Å². The van der Waals surface area contributed by atoms with Gasteiger partial charge in [0.25, 0.3) is 0 Å². The molecule has 0 saturated heterocycles. The monoisotopic (exact) mass is 331 g/mol. The summed E-state index contributed by atoms with van der Waals surface area (Å²) in [6.45, 7) is 1.95. The third-order valence-electron chi connectivity index (χ3n) is 4.66. The van der Waals surface area contributed by atoms with Gasteiger partial charge in [-0.15, -0.1) is 0 Å². The molecule has 124 valence electrons. The van der Waals surface area contributed by atoms with Gasteiger partial charge in [0.1, 0.15) is 28.7 Å². The molecule has 0 N–H and O–H groups in total. The Bertz CT molecular complexity index is 948. The summed E-state index contributed by atoms with van der Waals surface area (Å²) >= 11 is 0. The van der Waals surface area contributed by atoms with Crippen LogP contribution >= 0.6 is 0 Å². The van der Waals surface area contributed by atoms with Gasteiger partial charge in [0.05, 0.1) is 6.04 Å². The predicted octanol–water partition coefficient (Wildman–Crippen LogP) is 4.23. The van der Waals surface area contributed by atoms with Crippen LogP contribution in [0.3, 0.4) is 0 Å². The first-order valence-corrected chi connectivity index (χ1v) is 8.39. The SMILES string of the molecule is Cc1ccc(C2=NN3[C@@H](c4ccccn4)Oc4ccccc4[C@@H]3C2)o1. The molecule has 2 aliphatic heterocycles. The molecule has 1 aromatic carbocycles. The zero-order valence-electron chi connectivity index (χ0n) is 13.8. The number of hydrogen-bond donors (Lipinski definition) is 0. The Labute approximate surface area is 145 Å². The van der Waals surface area contributed by atoms with Crippen LogP contribution in [-0.2, 0) is 0 Å². The minimum absolute atomic E-state index is 0.123. The van der Waals surface area contributed by atoms with Crippen molar-refractivity contribution >= 4 is 5.71 Å². The number of ether oxygens (including phenoxy) is 1. The minimum Gasteiger partial charge on any atom is -0.463 e. The number of para-hydroxylation sites is 1. The number of furan rings is 1. The van der Waals surface area contributed by atoms with E-state index in [0.29, 0.717) is 0 Å². The van der Waals surface area contributed by atoms with Crippen molar-refractivity contribution in [3.63, 3.8) is 0 Å². The molecule has 2 atom stereocenters. The summed E-state index contributed by atoms with van der Waals surface area (Å²) in [5, 5.41) is 6.85. The second-order valence-electron chi connectivity index (χ2n) is 6.32. The molecule has 0 bridgehead atoms. The van der Waals surface area contributed by atoms with Crippen molar-refractivity contribution in [2.24, 2.45) is 5.10 Å². The molecule has 5 heteroatoms. The fourth-order valence-corrected chi connectivity index (χ4v) is 3.49. The van der Waals surface area contributed by atoms with Crippen molar-refractivity contribution in [1.82, 2.24) is 9.99 Å². The van der Waals surface area contributed by atoms with E-state index in [1.165, 1.54) is 0 Å². The zero-order chi connectivity index (χ0) is 16.8. The molecule has 25 heavy (non-hydrogen) atoms. The van der Waals surface area contributed by atoms with E-state index < -0.39 is 0 Å². The van der Waals surface area contributed by atoms with Crippen LogP contribution in [0.15, 0.2) is 70.3 Å². The van der Waals surface area contributed by atoms with E-state index in [1.54, 1.807) is 6.20 Å². The third kappa shape index (κ3) is 2.31. The van der Waals surface area contributed by atoms with Crippen LogP contribution in [0.1, 0.15) is 41.5 Å². The van der Waals surface area contributed by atoms with Crippen LogP contribution in [0, 0.1) is 6.92 Å². The van der Waals surface area contributed by atoms with E-state index in [2.05, 4.69) is 11.1 Å². The number of hydrazone groups is 1. The van der Waals surface area contributed by atoms with Gasteiger partial charge in [0.15, 0.2) is 0 Å². The van der Waals surface area contributed by atoms with Crippen LogP contribution in [0.4, 0.5) is 0 Å². The van der Waals surface area contributed by atoms with Crippen LogP contribution in [0.5, 0.6) is 5.75 Å². The number of aryl methyl sites for hydroxylation is 1. The average molecular weight is 331 g/mol. The van der Waals surface area contributed by atoms with Crippen molar-refractivity contribution in [2.75, 3.05) is 0 Å². The van der Waals surface area contributed by atoms with E-state index in [0.717, 1.165) is 40.7 Å². The highest BCUT2D eigenvalue weighted by Crippen LogP contribution is 2.47. The first kappa shape index (κ1) is 14.3. The van der Waals surface area contributed by atoms with Gasteiger partial charge < -0.3 is 9.15 Å². The molecule has 0 aliphatic carbocycles. The molecule has 0 spiro atoms. The van der Waals surface area contributed by atoms with E-state index in [1.807, 2.05) is 60.5 Å². The lowest BCUT2D eigenvalue weighted by Crippen LogP contribution is -2.34. The van der Waals surface area contributed by atoms with Crippen molar-refractivity contribution in [1.29, 1.82) is 0 Å². The summed E-state index contributed by atoms with van der Waals surface area (Å²) in [6.07, 6.45) is 2.23. The molecule has 0 saturated carbocycles. The maximum atomic E-state index is 6.25. The van der Waals surface area contributed by atoms with Gasteiger partial charge in [-0.25, -0.2) is 5.01 Å². The van der Waals surface area contributed by atoms with Gasteiger partial charge in [-0.3, -0.25) is 4.98 Å². The highest BCUT2D eigenvalue weighted by Gasteiger charge is 2.41.